The first-order valence-corrected chi connectivity index (χ1v) is 13.2. The Kier molecular flexibility index (Phi) is 7.81. The van der Waals surface area contributed by atoms with Crippen molar-refractivity contribution in [1.82, 2.24) is 25.4 Å². The van der Waals surface area contributed by atoms with E-state index in [1.165, 1.54) is 6.07 Å². The summed E-state index contributed by atoms with van der Waals surface area (Å²) < 4.78 is 32.5. The smallest absolute Gasteiger partial charge is 0.337 e. The van der Waals surface area contributed by atoms with Crippen LogP contribution in [0.25, 0.3) is 0 Å². The second-order valence-corrected chi connectivity index (χ2v) is 10.4. The van der Waals surface area contributed by atoms with Gasteiger partial charge in [-0.15, -0.1) is 0 Å². The molecule has 3 heterocycles. The largest absolute Gasteiger partial charge is 0.466 e. The van der Waals surface area contributed by atoms with Gasteiger partial charge in [0.15, 0.2) is 11.6 Å². The molecular weight excluding hydrogens is 524 g/mol. The molecule has 10 nitrogen and oxygen atoms in total. The summed E-state index contributed by atoms with van der Waals surface area (Å²) in [6.45, 7) is 1.27. The van der Waals surface area contributed by atoms with Crippen LogP contribution >= 0.6 is 0 Å². The van der Waals surface area contributed by atoms with E-state index in [0.29, 0.717) is 31.5 Å². The van der Waals surface area contributed by atoms with E-state index in [-0.39, 0.29) is 23.2 Å². The molecule has 40 heavy (non-hydrogen) atoms. The number of likely N-dealkylation sites (tertiary alicyclic amines) is 1. The highest BCUT2D eigenvalue weighted by atomic mass is 19.2. The zero-order valence-corrected chi connectivity index (χ0v) is 22.0. The first-order valence-electron chi connectivity index (χ1n) is 13.2. The lowest BCUT2D eigenvalue weighted by atomic mass is 9.79. The minimum Gasteiger partial charge on any atom is -0.466 e. The number of methoxy groups -OCH3 is 1. The number of amides is 4. The Labute approximate surface area is 230 Å². The second-order valence-electron chi connectivity index (χ2n) is 10.4. The fourth-order valence-corrected chi connectivity index (χ4v) is 5.87. The van der Waals surface area contributed by atoms with E-state index in [0.717, 1.165) is 49.7 Å². The number of nitrogens with zero attached hydrogens (tertiary/aromatic N) is 3. The molecule has 4 amide bonds. The standard InChI is InChI=1S/C28H31F2N5O5/c1-40-25(36)20-15-32-26(37)35(24(20)17-5-6-21(29)22(30)14-17)27(38)33-18-9-13-34(16-18)19-7-10-28(39,11-8-19)23-4-2-3-12-31-23/h2-6,12,14-15,18-19,24,39H,7-11,13,16H2,1H3,(H,32,37)(H,33,38)/t18-,19-,24+,28-/m1/s1. The van der Waals surface area contributed by atoms with E-state index in [2.05, 4.69) is 20.5 Å². The van der Waals surface area contributed by atoms with E-state index in [1.807, 2.05) is 18.2 Å². The number of ether oxygens (including phenoxy) is 1. The summed E-state index contributed by atoms with van der Waals surface area (Å²) >= 11 is 0. The molecule has 1 aromatic heterocycles. The van der Waals surface area contributed by atoms with Crippen LogP contribution in [0, 0.1) is 11.6 Å². The van der Waals surface area contributed by atoms with Crippen LogP contribution in [0.15, 0.2) is 54.4 Å². The molecule has 12 heteroatoms. The van der Waals surface area contributed by atoms with Crippen molar-refractivity contribution in [3.63, 3.8) is 0 Å². The van der Waals surface area contributed by atoms with E-state index >= 15 is 0 Å². The number of hydrogen-bond acceptors (Lipinski definition) is 7. The molecule has 3 aliphatic rings. The van der Waals surface area contributed by atoms with Gasteiger partial charge in [0.05, 0.1) is 18.4 Å². The van der Waals surface area contributed by atoms with Crippen LogP contribution < -0.4 is 10.6 Å². The minimum absolute atomic E-state index is 0.0381. The molecule has 1 aromatic carbocycles. The van der Waals surface area contributed by atoms with Crippen molar-refractivity contribution in [3.05, 3.63) is 77.3 Å². The number of aliphatic hydroxyl groups is 1. The van der Waals surface area contributed by atoms with E-state index < -0.39 is 41.3 Å². The Morgan fingerprint density at radius 1 is 1.15 bits per heavy atom. The van der Waals surface area contributed by atoms with Gasteiger partial charge < -0.3 is 20.5 Å². The summed E-state index contributed by atoms with van der Waals surface area (Å²) in [5.41, 5.74) is -0.349. The van der Waals surface area contributed by atoms with Crippen molar-refractivity contribution in [3.8, 4) is 0 Å². The number of nitrogens with one attached hydrogen (secondary N) is 2. The first kappa shape index (κ1) is 27.7. The molecule has 0 bridgehead atoms. The summed E-state index contributed by atoms with van der Waals surface area (Å²) in [5, 5.41) is 16.3. The molecule has 2 aromatic rings. The third-order valence-corrected chi connectivity index (χ3v) is 8.01. The molecule has 3 N–H and O–H groups in total. The predicted molar refractivity (Wildman–Crippen MR) is 138 cm³/mol. The SMILES string of the molecule is COC(=O)C1=CNC(=O)N(C(=O)N[C@@H]2CCN([C@H]3CC[C@@](O)(c4ccccn4)CC3)C2)[C@H]1c1ccc(F)c(F)c1. The third kappa shape index (κ3) is 5.41. The predicted octanol–water partition coefficient (Wildman–Crippen LogP) is 3.10. The molecular formula is C28H31F2N5O5. The van der Waals surface area contributed by atoms with Crippen molar-refractivity contribution in [2.75, 3.05) is 20.2 Å². The van der Waals surface area contributed by atoms with Crippen LogP contribution in [0.5, 0.6) is 0 Å². The normalized spacial score (nSPS) is 27.1. The lowest BCUT2D eigenvalue weighted by molar-refractivity contribution is -0.136. The van der Waals surface area contributed by atoms with Crippen LogP contribution in [-0.2, 0) is 15.1 Å². The molecule has 1 saturated heterocycles. The van der Waals surface area contributed by atoms with Gasteiger partial charge in [-0.25, -0.2) is 28.1 Å². The molecule has 0 unspecified atom stereocenters. The molecule has 0 radical (unpaired) electrons. The van der Waals surface area contributed by atoms with Gasteiger partial charge in [-0.2, -0.15) is 0 Å². The van der Waals surface area contributed by atoms with E-state index in [1.54, 1.807) is 6.20 Å². The second kappa shape index (κ2) is 11.3. The summed E-state index contributed by atoms with van der Waals surface area (Å²) in [4.78, 5) is 46.1. The van der Waals surface area contributed by atoms with Crippen LogP contribution in [-0.4, -0.2) is 70.2 Å². The number of hydrogen-bond donors (Lipinski definition) is 3. The van der Waals surface area contributed by atoms with Crippen molar-refractivity contribution < 1.29 is 33.0 Å². The number of rotatable bonds is 5. The lowest BCUT2D eigenvalue weighted by Crippen LogP contribution is -2.55. The fraction of sp³-hybridized carbons (Fsp3) is 0.429. The molecule has 5 rings (SSSR count). The first-order chi connectivity index (χ1) is 19.2. The van der Waals surface area contributed by atoms with Crippen LogP contribution in [0.1, 0.15) is 49.4 Å². The Morgan fingerprint density at radius 3 is 2.60 bits per heavy atom. The van der Waals surface area contributed by atoms with Crippen molar-refractivity contribution in [2.45, 2.75) is 55.8 Å². The Balaban J connectivity index is 1.26. The van der Waals surface area contributed by atoms with Crippen molar-refractivity contribution >= 4 is 18.0 Å². The zero-order valence-electron chi connectivity index (χ0n) is 22.0. The van der Waals surface area contributed by atoms with Crippen molar-refractivity contribution in [1.29, 1.82) is 0 Å². The van der Waals surface area contributed by atoms with Gasteiger partial charge in [0, 0.05) is 37.6 Å². The summed E-state index contributed by atoms with van der Waals surface area (Å²) in [5.74, 6) is -3.11. The molecule has 1 saturated carbocycles. The maximum Gasteiger partial charge on any atom is 0.337 e. The van der Waals surface area contributed by atoms with Gasteiger partial charge in [-0.1, -0.05) is 12.1 Å². The third-order valence-electron chi connectivity index (χ3n) is 8.01. The van der Waals surface area contributed by atoms with Gasteiger partial charge in [-0.05, 0) is 61.9 Å². The molecule has 2 aliphatic heterocycles. The lowest BCUT2D eigenvalue weighted by Gasteiger charge is -2.39. The van der Waals surface area contributed by atoms with Gasteiger partial charge >= 0.3 is 18.0 Å². The number of benzene rings is 1. The highest BCUT2D eigenvalue weighted by Crippen LogP contribution is 2.38. The average molecular weight is 556 g/mol. The number of halogens is 2. The highest BCUT2D eigenvalue weighted by molar-refractivity contribution is 6.00. The topological polar surface area (TPSA) is 124 Å². The maximum atomic E-state index is 14.1. The number of imide groups is 1. The van der Waals surface area contributed by atoms with Crippen LogP contribution in [0.2, 0.25) is 0 Å². The van der Waals surface area contributed by atoms with E-state index in [9.17, 15) is 28.3 Å². The number of urea groups is 2. The van der Waals surface area contributed by atoms with Gasteiger partial charge in [0.2, 0.25) is 0 Å². The zero-order chi connectivity index (χ0) is 28.4. The van der Waals surface area contributed by atoms with Crippen LogP contribution in [0.4, 0.5) is 18.4 Å². The minimum atomic E-state index is -1.32. The molecule has 1 aliphatic carbocycles. The number of esters is 1. The van der Waals surface area contributed by atoms with Gasteiger partial charge in [0.1, 0.15) is 11.6 Å². The quantitative estimate of drug-likeness (QED) is 0.485. The van der Waals surface area contributed by atoms with Gasteiger partial charge in [0.25, 0.3) is 0 Å². The van der Waals surface area contributed by atoms with Gasteiger partial charge in [-0.3, -0.25) is 9.88 Å². The number of carbonyl (C=O) groups is 3. The number of aromatic nitrogens is 1. The molecule has 0 spiro atoms. The average Bonchev–Trinajstić information content (AvgIpc) is 3.43. The van der Waals surface area contributed by atoms with Crippen molar-refractivity contribution in [2.24, 2.45) is 0 Å². The molecule has 2 fully saturated rings. The Bertz CT molecular complexity index is 1320. The Hall–Kier alpha value is -3.90. The summed E-state index contributed by atoms with van der Waals surface area (Å²) in [6.07, 6.45) is 6.12. The maximum absolute atomic E-state index is 14.1. The fourth-order valence-electron chi connectivity index (χ4n) is 5.87. The van der Waals surface area contributed by atoms with E-state index in [4.69, 9.17) is 4.74 Å². The Morgan fingerprint density at radius 2 is 1.93 bits per heavy atom. The van der Waals surface area contributed by atoms with Crippen LogP contribution in [0.3, 0.4) is 0 Å². The molecule has 212 valence electrons. The monoisotopic (exact) mass is 555 g/mol. The highest BCUT2D eigenvalue weighted by Gasteiger charge is 2.42. The number of carbonyl (C=O) groups excluding carboxylic acids is 3. The summed E-state index contributed by atoms with van der Waals surface area (Å²) in [7, 11) is 1.14. The summed E-state index contributed by atoms with van der Waals surface area (Å²) in [6, 6.07) is 5.48. The number of pyridine rings is 1. The molecule has 2 atom stereocenters.